The number of aryl methyl sites for hydroxylation is 1. The molecule has 0 atom stereocenters. The second-order valence-electron chi connectivity index (χ2n) is 2.27. The molecule has 0 aliphatic rings. The van der Waals surface area contributed by atoms with Crippen LogP contribution in [0.15, 0.2) is 18.2 Å². The van der Waals surface area contributed by atoms with Gasteiger partial charge in [-0.05, 0) is 24.1 Å². The summed E-state index contributed by atoms with van der Waals surface area (Å²) in [6.45, 7) is 2.02. The van der Waals surface area contributed by atoms with Crippen LogP contribution in [-0.2, 0) is 6.42 Å². The van der Waals surface area contributed by atoms with E-state index in [0.29, 0.717) is 10.6 Å². The fourth-order valence-electron chi connectivity index (χ4n) is 0.961. The average molecular weight is 166 g/mol. The van der Waals surface area contributed by atoms with Gasteiger partial charge in [0.15, 0.2) is 0 Å². The van der Waals surface area contributed by atoms with Crippen molar-refractivity contribution in [3.8, 4) is 6.07 Å². The summed E-state index contributed by atoms with van der Waals surface area (Å²) in [6, 6.07) is 7.49. The molecule has 0 spiro atoms. The first-order chi connectivity index (χ1) is 5.27. The van der Waals surface area contributed by atoms with Crippen molar-refractivity contribution < 1.29 is 0 Å². The maximum absolute atomic E-state index is 8.67. The van der Waals surface area contributed by atoms with Gasteiger partial charge in [0, 0.05) is 5.02 Å². The van der Waals surface area contributed by atoms with Crippen molar-refractivity contribution in [1.29, 1.82) is 5.26 Å². The van der Waals surface area contributed by atoms with Crippen molar-refractivity contribution in [3.05, 3.63) is 34.3 Å². The van der Waals surface area contributed by atoms with Crippen molar-refractivity contribution in [2.45, 2.75) is 13.3 Å². The van der Waals surface area contributed by atoms with Crippen LogP contribution in [0.2, 0.25) is 5.02 Å². The number of rotatable bonds is 1. The van der Waals surface area contributed by atoms with Crippen molar-refractivity contribution in [2.75, 3.05) is 0 Å². The summed E-state index contributed by atoms with van der Waals surface area (Å²) in [5, 5.41) is 9.29. The van der Waals surface area contributed by atoms with Gasteiger partial charge < -0.3 is 0 Å². The lowest BCUT2D eigenvalue weighted by molar-refractivity contribution is 1.13. The highest BCUT2D eigenvalue weighted by Gasteiger charge is 1.98. The molecule has 1 aromatic rings. The van der Waals surface area contributed by atoms with E-state index in [1.807, 2.05) is 13.0 Å². The van der Waals surface area contributed by atoms with Gasteiger partial charge in [0.1, 0.15) is 0 Å². The van der Waals surface area contributed by atoms with E-state index in [1.54, 1.807) is 12.1 Å². The third-order valence-electron chi connectivity index (χ3n) is 1.57. The smallest absolute Gasteiger partial charge is 0.0995 e. The van der Waals surface area contributed by atoms with E-state index in [9.17, 15) is 0 Å². The SMILES string of the molecule is CCc1ccc(Cl)cc1C#N. The largest absolute Gasteiger partial charge is 0.192 e. The molecule has 0 radical (unpaired) electrons. The van der Waals surface area contributed by atoms with E-state index in [-0.39, 0.29) is 0 Å². The van der Waals surface area contributed by atoms with Crippen LogP contribution < -0.4 is 0 Å². The zero-order valence-corrected chi connectivity index (χ0v) is 7.02. The van der Waals surface area contributed by atoms with Crippen LogP contribution in [0.1, 0.15) is 18.1 Å². The van der Waals surface area contributed by atoms with Crippen LogP contribution in [-0.4, -0.2) is 0 Å². The Hall–Kier alpha value is -1.00. The van der Waals surface area contributed by atoms with E-state index in [0.717, 1.165) is 12.0 Å². The summed E-state index contributed by atoms with van der Waals surface area (Å²) in [6.07, 6.45) is 0.875. The maximum atomic E-state index is 8.67. The Morgan fingerprint density at radius 2 is 2.27 bits per heavy atom. The minimum absolute atomic E-state index is 0.624. The molecule has 1 nitrogen and oxygen atoms in total. The Bertz CT molecular complexity index is 299. The molecule has 0 aliphatic heterocycles. The first kappa shape index (κ1) is 8.10. The van der Waals surface area contributed by atoms with Gasteiger partial charge in [0.2, 0.25) is 0 Å². The predicted octanol–water partition coefficient (Wildman–Crippen LogP) is 2.77. The first-order valence-electron chi connectivity index (χ1n) is 3.46. The normalized spacial score (nSPS) is 9.18. The molecule has 0 bridgehead atoms. The lowest BCUT2D eigenvalue weighted by atomic mass is 10.1. The fourth-order valence-corrected chi connectivity index (χ4v) is 1.13. The Balaban J connectivity index is 3.19. The standard InChI is InChI=1S/C9H8ClN/c1-2-7-3-4-9(10)5-8(7)6-11/h3-5H,2H2,1H3. The molecule has 0 heterocycles. The third-order valence-corrected chi connectivity index (χ3v) is 1.81. The van der Waals surface area contributed by atoms with Crippen molar-refractivity contribution >= 4 is 11.6 Å². The molecule has 0 aromatic heterocycles. The zero-order chi connectivity index (χ0) is 8.27. The lowest BCUT2D eigenvalue weighted by Crippen LogP contribution is -1.85. The zero-order valence-electron chi connectivity index (χ0n) is 6.26. The molecule has 0 amide bonds. The molecule has 0 saturated carbocycles. The molecule has 56 valence electrons. The number of hydrogen-bond donors (Lipinski definition) is 0. The molecule has 0 N–H and O–H groups in total. The molecule has 0 unspecified atom stereocenters. The van der Waals surface area contributed by atoms with Crippen molar-refractivity contribution in [1.82, 2.24) is 0 Å². The summed E-state index contributed by atoms with van der Waals surface area (Å²) in [7, 11) is 0. The Morgan fingerprint density at radius 3 is 2.82 bits per heavy atom. The second-order valence-corrected chi connectivity index (χ2v) is 2.70. The molecule has 11 heavy (non-hydrogen) atoms. The lowest BCUT2D eigenvalue weighted by Gasteiger charge is -1.98. The van der Waals surface area contributed by atoms with Gasteiger partial charge in [-0.2, -0.15) is 5.26 Å². The van der Waals surface area contributed by atoms with Crippen LogP contribution in [0.3, 0.4) is 0 Å². The summed E-state index contributed by atoms with van der Waals surface area (Å²) in [5.74, 6) is 0. The van der Waals surface area contributed by atoms with E-state index in [1.165, 1.54) is 0 Å². The van der Waals surface area contributed by atoms with Crippen LogP contribution in [0, 0.1) is 11.3 Å². The van der Waals surface area contributed by atoms with Gasteiger partial charge in [-0.25, -0.2) is 0 Å². The highest BCUT2D eigenvalue weighted by molar-refractivity contribution is 6.30. The molecular weight excluding hydrogens is 158 g/mol. The van der Waals surface area contributed by atoms with Crippen LogP contribution in [0.5, 0.6) is 0 Å². The Kier molecular flexibility index (Phi) is 2.51. The molecule has 2 heteroatoms. The molecule has 0 aliphatic carbocycles. The molecule has 0 saturated heterocycles. The number of nitriles is 1. The minimum Gasteiger partial charge on any atom is -0.192 e. The number of benzene rings is 1. The van der Waals surface area contributed by atoms with E-state index in [2.05, 4.69) is 6.07 Å². The van der Waals surface area contributed by atoms with Crippen molar-refractivity contribution in [3.63, 3.8) is 0 Å². The van der Waals surface area contributed by atoms with E-state index < -0.39 is 0 Å². The van der Waals surface area contributed by atoms with Crippen LogP contribution in [0.25, 0.3) is 0 Å². The van der Waals surface area contributed by atoms with Gasteiger partial charge in [0.25, 0.3) is 0 Å². The van der Waals surface area contributed by atoms with Gasteiger partial charge >= 0.3 is 0 Å². The number of hydrogen-bond acceptors (Lipinski definition) is 1. The van der Waals surface area contributed by atoms with Gasteiger partial charge in [-0.3, -0.25) is 0 Å². The molecular formula is C9H8ClN. The van der Waals surface area contributed by atoms with Crippen molar-refractivity contribution in [2.24, 2.45) is 0 Å². The first-order valence-corrected chi connectivity index (χ1v) is 3.84. The van der Waals surface area contributed by atoms with Crippen LogP contribution >= 0.6 is 11.6 Å². The van der Waals surface area contributed by atoms with Gasteiger partial charge in [-0.1, -0.05) is 24.6 Å². The van der Waals surface area contributed by atoms with E-state index in [4.69, 9.17) is 16.9 Å². The number of nitrogens with zero attached hydrogens (tertiary/aromatic N) is 1. The summed E-state index contributed by atoms with van der Waals surface area (Å²) in [5.41, 5.74) is 1.73. The Morgan fingerprint density at radius 1 is 1.55 bits per heavy atom. The highest BCUT2D eigenvalue weighted by Crippen LogP contribution is 2.15. The number of halogens is 1. The summed E-state index contributed by atoms with van der Waals surface area (Å²) >= 11 is 5.70. The predicted molar refractivity (Wildman–Crippen MR) is 45.5 cm³/mol. The molecule has 1 rings (SSSR count). The monoisotopic (exact) mass is 165 g/mol. The molecule has 1 aromatic carbocycles. The second kappa shape index (κ2) is 3.41. The molecule has 0 fully saturated rings. The van der Waals surface area contributed by atoms with Crippen LogP contribution in [0.4, 0.5) is 0 Å². The van der Waals surface area contributed by atoms with Gasteiger partial charge in [-0.15, -0.1) is 0 Å². The van der Waals surface area contributed by atoms with E-state index >= 15 is 0 Å². The fraction of sp³-hybridized carbons (Fsp3) is 0.222. The maximum Gasteiger partial charge on any atom is 0.0995 e. The summed E-state index contributed by atoms with van der Waals surface area (Å²) in [4.78, 5) is 0. The average Bonchev–Trinajstić information content (AvgIpc) is 2.04. The Labute approximate surface area is 71.2 Å². The highest BCUT2D eigenvalue weighted by atomic mass is 35.5. The third kappa shape index (κ3) is 1.72. The topological polar surface area (TPSA) is 23.8 Å². The quantitative estimate of drug-likeness (QED) is 0.628. The summed E-state index contributed by atoms with van der Waals surface area (Å²) < 4.78 is 0. The minimum atomic E-state index is 0.624. The van der Waals surface area contributed by atoms with Gasteiger partial charge in [0.05, 0.1) is 11.6 Å².